The minimum Gasteiger partial charge on any atom is -0.486 e. The van der Waals surface area contributed by atoms with Crippen LogP contribution in [0.15, 0.2) is 24.4 Å². The van der Waals surface area contributed by atoms with Gasteiger partial charge in [0.15, 0.2) is 0 Å². The first-order chi connectivity index (χ1) is 10.2. The Bertz CT molecular complexity index is 705. The number of rotatable bonds is 4. The number of aromatic nitrogens is 2. The molecule has 0 saturated carbocycles. The lowest BCUT2D eigenvalue weighted by molar-refractivity contribution is 0.0693. The summed E-state index contributed by atoms with van der Waals surface area (Å²) in [6, 6.07) is 4.86. The summed E-state index contributed by atoms with van der Waals surface area (Å²) < 4.78 is 7.29. The van der Waals surface area contributed by atoms with Gasteiger partial charge < -0.3 is 9.84 Å². The zero-order valence-corrected chi connectivity index (χ0v) is 13.9. The fraction of sp³-hybridized carbons (Fsp3) is 0.333. The standard InChI is InChI=1S/C15H16Cl2N2O3/c1-15(2,3)19-12(10(7-18-19)14(20)21)8-22-13-5-4-9(16)6-11(13)17/h4-7H,8H2,1-3H3,(H,20,21). The quantitative estimate of drug-likeness (QED) is 0.903. The van der Waals surface area contributed by atoms with E-state index in [1.165, 1.54) is 6.20 Å². The van der Waals surface area contributed by atoms with Crippen molar-refractivity contribution < 1.29 is 14.6 Å². The molecule has 0 fully saturated rings. The molecule has 22 heavy (non-hydrogen) atoms. The minimum atomic E-state index is -1.05. The Morgan fingerprint density at radius 2 is 2.05 bits per heavy atom. The van der Waals surface area contributed by atoms with Crippen molar-refractivity contribution in [1.29, 1.82) is 0 Å². The molecule has 0 unspecified atom stereocenters. The minimum absolute atomic E-state index is 0.0419. The van der Waals surface area contributed by atoms with Crippen LogP contribution in [0.2, 0.25) is 10.0 Å². The summed E-state index contributed by atoms with van der Waals surface area (Å²) >= 11 is 11.9. The van der Waals surface area contributed by atoms with E-state index in [2.05, 4.69) is 5.10 Å². The number of ether oxygens (including phenoxy) is 1. The first kappa shape index (κ1) is 16.6. The van der Waals surface area contributed by atoms with Gasteiger partial charge in [0, 0.05) is 5.02 Å². The summed E-state index contributed by atoms with van der Waals surface area (Å²) in [4.78, 5) is 11.3. The normalized spacial score (nSPS) is 11.5. The van der Waals surface area contributed by atoms with E-state index in [1.807, 2.05) is 20.8 Å². The van der Waals surface area contributed by atoms with Gasteiger partial charge in [-0.3, -0.25) is 4.68 Å². The number of benzene rings is 1. The zero-order chi connectivity index (χ0) is 16.5. The molecule has 1 N–H and O–H groups in total. The van der Waals surface area contributed by atoms with Gasteiger partial charge in [0.2, 0.25) is 0 Å². The monoisotopic (exact) mass is 342 g/mol. The molecule has 2 rings (SSSR count). The number of aromatic carboxylic acids is 1. The molecule has 0 radical (unpaired) electrons. The third kappa shape index (κ3) is 3.54. The highest BCUT2D eigenvalue weighted by molar-refractivity contribution is 6.35. The number of nitrogens with zero attached hydrogens (tertiary/aromatic N) is 2. The molecule has 0 aliphatic carbocycles. The van der Waals surface area contributed by atoms with E-state index in [0.717, 1.165) is 0 Å². The number of halogens is 2. The van der Waals surface area contributed by atoms with Crippen molar-refractivity contribution in [3.63, 3.8) is 0 Å². The summed E-state index contributed by atoms with van der Waals surface area (Å²) in [7, 11) is 0. The smallest absolute Gasteiger partial charge is 0.339 e. The highest BCUT2D eigenvalue weighted by atomic mass is 35.5. The van der Waals surface area contributed by atoms with E-state index < -0.39 is 5.97 Å². The molecular weight excluding hydrogens is 327 g/mol. The third-order valence-corrected chi connectivity index (χ3v) is 3.52. The SMILES string of the molecule is CC(C)(C)n1ncc(C(=O)O)c1COc1ccc(Cl)cc1Cl. The van der Waals surface area contributed by atoms with Crippen LogP contribution in [0.1, 0.15) is 36.8 Å². The topological polar surface area (TPSA) is 64.4 Å². The predicted molar refractivity (Wildman–Crippen MR) is 85.0 cm³/mol. The van der Waals surface area contributed by atoms with Gasteiger partial charge in [-0.05, 0) is 39.0 Å². The van der Waals surface area contributed by atoms with Crippen LogP contribution in [0.4, 0.5) is 0 Å². The first-order valence-corrected chi connectivity index (χ1v) is 7.34. The molecule has 0 atom stereocenters. The molecule has 0 saturated heterocycles. The van der Waals surface area contributed by atoms with Crippen LogP contribution in [0, 0.1) is 0 Å². The van der Waals surface area contributed by atoms with Crippen LogP contribution in [-0.4, -0.2) is 20.9 Å². The molecule has 118 valence electrons. The Morgan fingerprint density at radius 3 is 2.59 bits per heavy atom. The summed E-state index contributed by atoms with van der Waals surface area (Å²) in [5, 5.41) is 14.3. The van der Waals surface area contributed by atoms with Crippen molar-refractivity contribution in [2.24, 2.45) is 0 Å². The van der Waals surface area contributed by atoms with Gasteiger partial charge in [0.05, 0.1) is 22.5 Å². The lowest BCUT2D eigenvalue weighted by Gasteiger charge is -2.23. The van der Waals surface area contributed by atoms with Crippen molar-refractivity contribution in [2.75, 3.05) is 0 Å². The molecule has 1 aromatic carbocycles. The van der Waals surface area contributed by atoms with E-state index >= 15 is 0 Å². The van der Waals surface area contributed by atoms with E-state index in [9.17, 15) is 9.90 Å². The fourth-order valence-corrected chi connectivity index (χ4v) is 2.47. The van der Waals surface area contributed by atoms with Gasteiger partial charge in [-0.2, -0.15) is 5.10 Å². The number of hydrogen-bond donors (Lipinski definition) is 1. The molecule has 0 bridgehead atoms. The van der Waals surface area contributed by atoms with Crippen LogP contribution in [0.5, 0.6) is 5.75 Å². The second kappa shape index (κ2) is 6.18. The molecule has 1 aromatic heterocycles. The fourth-order valence-electron chi connectivity index (χ4n) is 2.01. The van der Waals surface area contributed by atoms with Gasteiger partial charge in [-0.25, -0.2) is 4.79 Å². The Kier molecular flexibility index (Phi) is 4.68. The third-order valence-electron chi connectivity index (χ3n) is 2.99. The molecule has 0 amide bonds. The average molecular weight is 343 g/mol. The van der Waals surface area contributed by atoms with Crippen LogP contribution in [0.25, 0.3) is 0 Å². The summed E-state index contributed by atoms with van der Waals surface area (Å²) in [6.45, 7) is 5.85. The zero-order valence-electron chi connectivity index (χ0n) is 12.4. The number of carboxylic acid groups (broad SMARTS) is 1. The molecule has 7 heteroatoms. The molecular formula is C15H16Cl2N2O3. The molecule has 5 nitrogen and oxygen atoms in total. The molecule has 0 spiro atoms. The predicted octanol–water partition coefficient (Wildman–Crippen LogP) is 4.22. The van der Waals surface area contributed by atoms with E-state index in [4.69, 9.17) is 27.9 Å². The van der Waals surface area contributed by atoms with Gasteiger partial charge in [-0.15, -0.1) is 0 Å². The van der Waals surface area contributed by atoms with Gasteiger partial charge >= 0.3 is 5.97 Å². The molecule has 0 aliphatic rings. The van der Waals surface area contributed by atoms with Gasteiger partial charge in [0.1, 0.15) is 17.9 Å². The van der Waals surface area contributed by atoms with Crippen molar-refractivity contribution >= 4 is 29.2 Å². The largest absolute Gasteiger partial charge is 0.486 e. The first-order valence-electron chi connectivity index (χ1n) is 6.58. The van der Waals surface area contributed by atoms with Crippen LogP contribution in [-0.2, 0) is 12.1 Å². The summed E-state index contributed by atoms with van der Waals surface area (Å²) in [5.41, 5.74) is 0.224. The molecule has 2 aromatic rings. The van der Waals surface area contributed by atoms with Crippen molar-refractivity contribution in [3.05, 3.63) is 45.7 Å². The van der Waals surface area contributed by atoms with E-state index in [1.54, 1.807) is 22.9 Å². The molecule has 1 heterocycles. The average Bonchev–Trinajstić information content (AvgIpc) is 2.81. The Balaban J connectivity index is 2.32. The Hall–Kier alpha value is -1.72. The van der Waals surface area contributed by atoms with E-state index in [0.29, 0.717) is 21.5 Å². The maximum atomic E-state index is 11.3. The van der Waals surface area contributed by atoms with Crippen molar-refractivity contribution in [1.82, 2.24) is 9.78 Å². The highest BCUT2D eigenvalue weighted by Gasteiger charge is 2.24. The number of carbonyl (C=O) groups is 1. The molecule has 0 aliphatic heterocycles. The summed E-state index contributed by atoms with van der Waals surface area (Å²) in [5.74, 6) is -0.611. The second-order valence-electron chi connectivity index (χ2n) is 5.76. The highest BCUT2D eigenvalue weighted by Crippen LogP contribution is 2.29. The Morgan fingerprint density at radius 1 is 1.36 bits per heavy atom. The van der Waals surface area contributed by atoms with Gasteiger partial charge in [-0.1, -0.05) is 23.2 Å². The Labute approximate surface area is 138 Å². The van der Waals surface area contributed by atoms with Crippen molar-refractivity contribution in [2.45, 2.75) is 32.9 Å². The van der Waals surface area contributed by atoms with E-state index in [-0.39, 0.29) is 17.7 Å². The number of hydrogen-bond acceptors (Lipinski definition) is 3. The van der Waals surface area contributed by atoms with Crippen LogP contribution in [0.3, 0.4) is 0 Å². The van der Waals surface area contributed by atoms with Gasteiger partial charge in [0.25, 0.3) is 0 Å². The maximum absolute atomic E-state index is 11.3. The lowest BCUT2D eigenvalue weighted by atomic mass is 10.1. The maximum Gasteiger partial charge on any atom is 0.339 e. The number of carboxylic acids is 1. The summed E-state index contributed by atoms with van der Waals surface area (Å²) in [6.07, 6.45) is 1.33. The van der Waals surface area contributed by atoms with Crippen molar-refractivity contribution in [3.8, 4) is 5.75 Å². The van der Waals surface area contributed by atoms with Crippen LogP contribution < -0.4 is 4.74 Å². The second-order valence-corrected chi connectivity index (χ2v) is 6.60. The lowest BCUT2D eigenvalue weighted by Crippen LogP contribution is -2.26. The van der Waals surface area contributed by atoms with Crippen LogP contribution >= 0.6 is 23.2 Å².